The number of nitriles is 1. The lowest BCUT2D eigenvalue weighted by Gasteiger charge is -2.11. The highest BCUT2D eigenvalue weighted by molar-refractivity contribution is 7.89. The molecule has 0 aromatic heterocycles. The third kappa shape index (κ3) is 4.19. The van der Waals surface area contributed by atoms with Crippen LogP contribution in [0.5, 0.6) is 0 Å². The molecule has 0 unspecified atom stereocenters. The monoisotopic (exact) mass is 343 g/mol. The van der Waals surface area contributed by atoms with E-state index in [9.17, 15) is 13.2 Å². The molecule has 0 spiro atoms. The standard InChI is InChI=1S/C17H17N3O3S/c1-20(2)24(22,23)16-8-6-13(7-9-16)11-17(21)19-15-5-3-4-14(10-15)12-18/h3-10H,11H2,1-2H3,(H,19,21). The molecule has 1 amide bonds. The Balaban J connectivity index is 2.06. The summed E-state index contributed by atoms with van der Waals surface area (Å²) in [5, 5.41) is 11.6. The van der Waals surface area contributed by atoms with Gasteiger partial charge in [-0.3, -0.25) is 4.79 Å². The van der Waals surface area contributed by atoms with E-state index in [2.05, 4.69) is 5.32 Å². The van der Waals surface area contributed by atoms with Crippen LogP contribution in [0.3, 0.4) is 0 Å². The summed E-state index contributed by atoms with van der Waals surface area (Å²) in [5.74, 6) is -0.242. The van der Waals surface area contributed by atoms with Gasteiger partial charge >= 0.3 is 0 Å². The SMILES string of the molecule is CN(C)S(=O)(=O)c1ccc(CC(=O)Nc2cccc(C#N)c2)cc1. The number of carbonyl (C=O) groups is 1. The first kappa shape index (κ1) is 17.7. The van der Waals surface area contributed by atoms with E-state index in [0.29, 0.717) is 16.8 Å². The first-order chi connectivity index (χ1) is 11.3. The summed E-state index contributed by atoms with van der Waals surface area (Å²) >= 11 is 0. The largest absolute Gasteiger partial charge is 0.326 e. The molecule has 0 aliphatic rings. The van der Waals surface area contributed by atoms with E-state index in [1.165, 1.54) is 26.2 Å². The highest BCUT2D eigenvalue weighted by Gasteiger charge is 2.16. The number of anilines is 1. The third-order valence-corrected chi connectivity index (χ3v) is 5.17. The van der Waals surface area contributed by atoms with Crippen molar-refractivity contribution in [2.24, 2.45) is 0 Å². The molecule has 0 saturated carbocycles. The second kappa shape index (κ2) is 7.25. The number of amides is 1. The second-order valence-electron chi connectivity index (χ2n) is 5.35. The van der Waals surface area contributed by atoms with Crippen LogP contribution in [-0.2, 0) is 21.2 Å². The highest BCUT2D eigenvalue weighted by atomic mass is 32.2. The fourth-order valence-electron chi connectivity index (χ4n) is 2.05. The van der Waals surface area contributed by atoms with Crippen LogP contribution in [0.2, 0.25) is 0 Å². The van der Waals surface area contributed by atoms with Crippen LogP contribution >= 0.6 is 0 Å². The van der Waals surface area contributed by atoms with Gasteiger partial charge in [-0.15, -0.1) is 0 Å². The first-order valence-corrected chi connectivity index (χ1v) is 8.58. The van der Waals surface area contributed by atoms with Crippen molar-refractivity contribution in [2.45, 2.75) is 11.3 Å². The molecule has 0 heterocycles. The van der Waals surface area contributed by atoms with Crippen molar-refractivity contribution < 1.29 is 13.2 Å². The Morgan fingerprint density at radius 1 is 1.17 bits per heavy atom. The molecule has 0 aliphatic carbocycles. The van der Waals surface area contributed by atoms with Crippen LogP contribution < -0.4 is 5.32 Å². The summed E-state index contributed by atoms with van der Waals surface area (Å²) in [4.78, 5) is 12.2. The molecule has 2 aromatic carbocycles. The van der Waals surface area contributed by atoms with Gasteiger partial charge in [0.1, 0.15) is 0 Å². The molecule has 0 saturated heterocycles. The van der Waals surface area contributed by atoms with E-state index in [-0.39, 0.29) is 17.2 Å². The number of rotatable bonds is 5. The minimum absolute atomic E-state index is 0.110. The fourth-order valence-corrected chi connectivity index (χ4v) is 2.95. The Hall–Kier alpha value is -2.69. The number of benzene rings is 2. The molecule has 1 N–H and O–H groups in total. The number of sulfonamides is 1. The van der Waals surface area contributed by atoms with Crippen LogP contribution in [0.15, 0.2) is 53.4 Å². The highest BCUT2D eigenvalue weighted by Crippen LogP contribution is 2.15. The van der Waals surface area contributed by atoms with E-state index in [1.807, 2.05) is 6.07 Å². The maximum Gasteiger partial charge on any atom is 0.242 e. The summed E-state index contributed by atoms with van der Waals surface area (Å²) < 4.78 is 25.1. The average Bonchev–Trinajstić information content (AvgIpc) is 2.55. The lowest BCUT2D eigenvalue weighted by Crippen LogP contribution is -2.22. The van der Waals surface area contributed by atoms with Gasteiger partial charge in [0.05, 0.1) is 22.9 Å². The van der Waals surface area contributed by atoms with Gasteiger partial charge in [0.2, 0.25) is 15.9 Å². The normalized spacial score (nSPS) is 11.1. The maximum absolute atomic E-state index is 12.1. The predicted octanol–water partition coefficient (Wildman–Crippen LogP) is 1.99. The summed E-state index contributed by atoms with van der Waals surface area (Å²) in [6, 6.07) is 14.8. The number of hydrogen-bond acceptors (Lipinski definition) is 4. The topological polar surface area (TPSA) is 90.3 Å². The zero-order chi connectivity index (χ0) is 17.7. The molecule has 7 heteroatoms. The molecule has 2 aromatic rings. The van der Waals surface area contributed by atoms with E-state index >= 15 is 0 Å². The minimum Gasteiger partial charge on any atom is -0.326 e. The van der Waals surface area contributed by atoms with Gasteiger partial charge in [-0.2, -0.15) is 5.26 Å². The van der Waals surface area contributed by atoms with Crippen molar-refractivity contribution in [1.29, 1.82) is 5.26 Å². The lowest BCUT2D eigenvalue weighted by atomic mass is 10.1. The smallest absolute Gasteiger partial charge is 0.242 e. The predicted molar refractivity (Wildman–Crippen MR) is 90.8 cm³/mol. The molecule has 0 bridgehead atoms. The second-order valence-corrected chi connectivity index (χ2v) is 7.50. The zero-order valence-electron chi connectivity index (χ0n) is 13.4. The summed E-state index contributed by atoms with van der Waals surface area (Å²) in [5.41, 5.74) is 1.71. The van der Waals surface area contributed by atoms with E-state index in [4.69, 9.17) is 5.26 Å². The molecule has 0 fully saturated rings. The van der Waals surface area contributed by atoms with Crippen molar-refractivity contribution in [2.75, 3.05) is 19.4 Å². The first-order valence-electron chi connectivity index (χ1n) is 7.14. The summed E-state index contributed by atoms with van der Waals surface area (Å²) in [7, 11) is -0.548. The Bertz CT molecular complexity index is 882. The van der Waals surface area contributed by atoms with Gasteiger partial charge in [-0.25, -0.2) is 12.7 Å². The number of hydrogen-bond donors (Lipinski definition) is 1. The maximum atomic E-state index is 12.1. The minimum atomic E-state index is -3.48. The van der Waals surface area contributed by atoms with Crippen molar-refractivity contribution in [3.8, 4) is 6.07 Å². The molecular weight excluding hydrogens is 326 g/mol. The van der Waals surface area contributed by atoms with Gasteiger partial charge in [-0.05, 0) is 35.9 Å². The third-order valence-electron chi connectivity index (χ3n) is 3.34. The van der Waals surface area contributed by atoms with Crippen LogP contribution in [0.25, 0.3) is 0 Å². The van der Waals surface area contributed by atoms with E-state index in [0.717, 1.165) is 4.31 Å². The zero-order valence-corrected chi connectivity index (χ0v) is 14.2. The summed E-state index contributed by atoms with van der Waals surface area (Å²) in [6.07, 6.45) is 0.110. The molecular formula is C17H17N3O3S. The van der Waals surface area contributed by atoms with Gasteiger partial charge in [0.25, 0.3) is 0 Å². The average molecular weight is 343 g/mol. The van der Waals surface area contributed by atoms with Crippen molar-refractivity contribution >= 4 is 21.6 Å². The van der Waals surface area contributed by atoms with Crippen LogP contribution in [0.4, 0.5) is 5.69 Å². The Morgan fingerprint density at radius 2 is 1.83 bits per heavy atom. The van der Waals surface area contributed by atoms with Crippen LogP contribution in [0, 0.1) is 11.3 Å². The lowest BCUT2D eigenvalue weighted by molar-refractivity contribution is -0.115. The van der Waals surface area contributed by atoms with Crippen LogP contribution in [-0.4, -0.2) is 32.7 Å². The summed E-state index contributed by atoms with van der Waals surface area (Å²) in [6.45, 7) is 0. The van der Waals surface area contributed by atoms with Crippen molar-refractivity contribution in [1.82, 2.24) is 4.31 Å². The molecule has 6 nitrogen and oxygen atoms in total. The molecule has 0 radical (unpaired) electrons. The van der Waals surface area contributed by atoms with Crippen molar-refractivity contribution in [3.63, 3.8) is 0 Å². The molecule has 0 atom stereocenters. The Kier molecular flexibility index (Phi) is 5.34. The Morgan fingerprint density at radius 3 is 2.42 bits per heavy atom. The van der Waals surface area contributed by atoms with Gasteiger partial charge in [0, 0.05) is 19.8 Å². The van der Waals surface area contributed by atoms with Gasteiger partial charge < -0.3 is 5.32 Å². The Labute approximate surface area is 141 Å². The van der Waals surface area contributed by atoms with E-state index < -0.39 is 10.0 Å². The number of nitrogens with one attached hydrogen (secondary N) is 1. The molecule has 0 aliphatic heterocycles. The fraction of sp³-hybridized carbons (Fsp3) is 0.176. The van der Waals surface area contributed by atoms with Crippen molar-refractivity contribution in [3.05, 3.63) is 59.7 Å². The number of nitrogens with zero attached hydrogens (tertiary/aromatic N) is 2. The molecule has 2 rings (SSSR count). The van der Waals surface area contributed by atoms with Gasteiger partial charge in [-0.1, -0.05) is 18.2 Å². The number of carbonyl (C=O) groups excluding carboxylic acids is 1. The molecule has 124 valence electrons. The van der Waals surface area contributed by atoms with E-state index in [1.54, 1.807) is 36.4 Å². The van der Waals surface area contributed by atoms with Gasteiger partial charge in [0.15, 0.2) is 0 Å². The molecule has 24 heavy (non-hydrogen) atoms. The quantitative estimate of drug-likeness (QED) is 0.899. The van der Waals surface area contributed by atoms with Crippen LogP contribution in [0.1, 0.15) is 11.1 Å².